The molecule has 24 heavy (non-hydrogen) atoms. The molecule has 0 aromatic heterocycles. The second-order valence-corrected chi connectivity index (χ2v) is 6.94. The largest absolute Gasteiger partial charge is 0.507 e. The first-order valence-corrected chi connectivity index (χ1v) is 8.75. The molecule has 0 fully saturated rings. The van der Waals surface area contributed by atoms with Crippen LogP contribution in [0.1, 0.15) is 11.1 Å². The number of amides is 1. The fraction of sp³-hybridized carbons (Fsp3) is 0.235. The summed E-state index contributed by atoms with van der Waals surface area (Å²) >= 11 is 6.70. The highest BCUT2D eigenvalue weighted by Crippen LogP contribution is 2.33. The maximum atomic E-state index is 11.3. The van der Waals surface area contributed by atoms with Gasteiger partial charge in [-0.3, -0.25) is 4.79 Å². The molecule has 128 valence electrons. The topological polar surface area (TPSA) is 70.0 Å². The van der Waals surface area contributed by atoms with Crippen molar-refractivity contribution in [3.05, 3.63) is 50.4 Å². The third-order valence-corrected chi connectivity index (χ3v) is 4.94. The zero-order valence-electron chi connectivity index (χ0n) is 13.0. The van der Waals surface area contributed by atoms with E-state index in [1.54, 1.807) is 23.1 Å². The Bertz CT molecular complexity index is 737. The molecule has 0 bridgehead atoms. The smallest absolute Gasteiger partial charge is 0.210 e. The van der Waals surface area contributed by atoms with Crippen molar-refractivity contribution in [1.82, 2.24) is 4.90 Å². The molecule has 7 heteroatoms. The van der Waals surface area contributed by atoms with Crippen LogP contribution in [0.4, 0.5) is 0 Å². The van der Waals surface area contributed by atoms with Crippen LogP contribution in [-0.4, -0.2) is 35.2 Å². The number of hydrogen-bond acceptors (Lipinski definition) is 4. The molecule has 0 radical (unpaired) electrons. The molecule has 0 atom stereocenters. The van der Waals surface area contributed by atoms with E-state index in [1.165, 1.54) is 7.11 Å². The van der Waals surface area contributed by atoms with Gasteiger partial charge >= 0.3 is 0 Å². The second kappa shape index (κ2) is 8.39. The summed E-state index contributed by atoms with van der Waals surface area (Å²) in [5.74, 6) is 0.588. The van der Waals surface area contributed by atoms with Crippen molar-refractivity contribution in [3.63, 3.8) is 0 Å². The van der Waals surface area contributed by atoms with Gasteiger partial charge in [0.15, 0.2) is 11.5 Å². The van der Waals surface area contributed by atoms with Gasteiger partial charge in [0.25, 0.3) is 0 Å². The minimum Gasteiger partial charge on any atom is -0.507 e. The zero-order valence-corrected chi connectivity index (χ0v) is 16.2. The normalized spacial score (nSPS) is 10.5. The van der Waals surface area contributed by atoms with Crippen LogP contribution in [0.3, 0.4) is 0 Å². The van der Waals surface area contributed by atoms with Crippen molar-refractivity contribution in [3.8, 4) is 17.2 Å². The van der Waals surface area contributed by atoms with Crippen LogP contribution in [0, 0.1) is 0 Å². The molecule has 2 N–H and O–H groups in total. The standard InChI is InChI=1S/C17H17Br2NO4/c1-24-17-8-13(18)12(7-16(17)23)9-20(10-21)5-4-11-2-3-15(22)14(19)6-11/h2-3,6-8,10,22-23H,4-5,9H2,1H3. The molecule has 2 aromatic rings. The van der Waals surface area contributed by atoms with Gasteiger partial charge < -0.3 is 19.8 Å². The lowest BCUT2D eigenvalue weighted by Crippen LogP contribution is -2.24. The summed E-state index contributed by atoms with van der Waals surface area (Å²) in [6.45, 7) is 0.876. The highest BCUT2D eigenvalue weighted by molar-refractivity contribution is 9.10. The Labute approximate surface area is 157 Å². The summed E-state index contributed by atoms with van der Waals surface area (Å²) < 4.78 is 6.44. The van der Waals surface area contributed by atoms with Gasteiger partial charge in [0, 0.05) is 17.6 Å². The number of methoxy groups -OCH3 is 1. The Morgan fingerprint density at radius 3 is 2.50 bits per heavy atom. The van der Waals surface area contributed by atoms with Crippen molar-refractivity contribution in [1.29, 1.82) is 0 Å². The first-order valence-electron chi connectivity index (χ1n) is 7.16. The van der Waals surface area contributed by atoms with Gasteiger partial charge in [-0.1, -0.05) is 22.0 Å². The van der Waals surface area contributed by atoms with Crippen LogP contribution in [0.25, 0.3) is 0 Å². The van der Waals surface area contributed by atoms with Crippen molar-refractivity contribution in [2.45, 2.75) is 13.0 Å². The number of hydrogen-bond donors (Lipinski definition) is 2. The van der Waals surface area contributed by atoms with Crippen LogP contribution in [-0.2, 0) is 17.8 Å². The quantitative estimate of drug-likeness (QED) is 0.618. The van der Waals surface area contributed by atoms with E-state index in [4.69, 9.17) is 4.74 Å². The Morgan fingerprint density at radius 2 is 1.88 bits per heavy atom. The lowest BCUT2D eigenvalue weighted by Gasteiger charge is -2.19. The van der Waals surface area contributed by atoms with Crippen LogP contribution in [0.5, 0.6) is 17.2 Å². The van der Waals surface area contributed by atoms with Crippen LogP contribution in [0.2, 0.25) is 0 Å². The molecule has 0 aliphatic carbocycles. The Balaban J connectivity index is 2.05. The van der Waals surface area contributed by atoms with Gasteiger partial charge in [-0.15, -0.1) is 0 Å². The van der Waals surface area contributed by atoms with Crippen LogP contribution >= 0.6 is 31.9 Å². The van der Waals surface area contributed by atoms with Gasteiger partial charge in [0.1, 0.15) is 5.75 Å². The van der Waals surface area contributed by atoms with Gasteiger partial charge in [0.05, 0.1) is 11.6 Å². The number of phenolic OH excluding ortho intramolecular Hbond substituents is 2. The van der Waals surface area contributed by atoms with Gasteiger partial charge in [-0.25, -0.2) is 0 Å². The molecule has 0 aliphatic rings. The monoisotopic (exact) mass is 457 g/mol. The number of ether oxygens (including phenoxy) is 1. The van der Waals surface area contributed by atoms with E-state index < -0.39 is 0 Å². The summed E-state index contributed by atoms with van der Waals surface area (Å²) in [5.41, 5.74) is 1.79. The van der Waals surface area contributed by atoms with E-state index >= 15 is 0 Å². The molecule has 2 rings (SSSR count). The number of phenols is 2. The van der Waals surface area contributed by atoms with Crippen molar-refractivity contribution < 1.29 is 19.7 Å². The first-order chi connectivity index (χ1) is 11.4. The fourth-order valence-corrected chi connectivity index (χ4v) is 3.11. The Kier molecular flexibility index (Phi) is 6.51. The molecule has 0 saturated heterocycles. The Morgan fingerprint density at radius 1 is 1.12 bits per heavy atom. The molecule has 0 aliphatic heterocycles. The van der Waals surface area contributed by atoms with Crippen molar-refractivity contribution in [2.75, 3.05) is 13.7 Å². The maximum absolute atomic E-state index is 11.3. The predicted octanol–water partition coefficient (Wildman–Crippen LogP) is 3.83. The van der Waals surface area contributed by atoms with E-state index in [1.807, 2.05) is 12.1 Å². The predicted molar refractivity (Wildman–Crippen MR) is 98.3 cm³/mol. The zero-order chi connectivity index (χ0) is 17.7. The summed E-state index contributed by atoms with van der Waals surface area (Å²) in [6.07, 6.45) is 1.43. The summed E-state index contributed by atoms with van der Waals surface area (Å²) in [6, 6.07) is 8.51. The van der Waals surface area contributed by atoms with Gasteiger partial charge in [0.2, 0.25) is 6.41 Å². The second-order valence-electron chi connectivity index (χ2n) is 5.23. The van der Waals surface area contributed by atoms with E-state index in [-0.39, 0.29) is 11.5 Å². The van der Waals surface area contributed by atoms with Crippen LogP contribution < -0.4 is 4.74 Å². The Hall–Kier alpha value is -1.73. The van der Waals surface area contributed by atoms with E-state index in [2.05, 4.69) is 31.9 Å². The average Bonchev–Trinajstić information content (AvgIpc) is 2.57. The van der Waals surface area contributed by atoms with Crippen molar-refractivity contribution >= 4 is 38.3 Å². The number of rotatable bonds is 7. The number of benzene rings is 2. The number of carbonyl (C=O) groups is 1. The van der Waals surface area contributed by atoms with Crippen molar-refractivity contribution in [2.24, 2.45) is 0 Å². The number of carbonyl (C=O) groups excluding carboxylic acids is 1. The fourth-order valence-electron chi connectivity index (χ4n) is 2.24. The summed E-state index contributed by atoms with van der Waals surface area (Å²) in [4.78, 5) is 13.0. The number of aromatic hydroxyl groups is 2. The van der Waals surface area contributed by atoms with E-state index in [0.717, 1.165) is 22.0 Å². The first kappa shape index (κ1) is 18.6. The summed E-state index contributed by atoms with van der Waals surface area (Å²) in [7, 11) is 1.48. The molecular weight excluding hydrogens is 442 g/mol. The van der Waals surface area contributed by atoms with E-state index in [0.29, 0.717) is 29.7 Å². The number of nitrogens with zero attached hydrogens (tertiary/aromatic N) is 1. The van der Waals surface area contributed by atoms with E-state index in [9.17, 15) is 15.0 Å². The third-order valence-electron chi connectivity index (χ3n) is 3.57. The molecule has 1 amide bonds. The SMILES string of the molecule is COc1cc(Br)c(CN(C=O)CCc2ccc(O)c(Br)c2)cc1O. The van der Waals surface area contributed by atoms with Crippen LogP contribution in [0.15, 0.2) is 39.3 Å². The highest BCUT2D eigenvalue weighted by atomic mass is 79.9. The minimum atomic E-state index is 0.0315. The maximum Gasteiger partial charge on any atom is 0.210 e. The highest BCUT2D eigenvalue weighted by Gasteiger charge is 2.12. The molecule has 5 nitrogen and oxygen atoms in total. The molecule has 0 saturated carbocycles. The molecule has 0 heterocycles. The molecular formula is C17H17Br2NO4. The lowest BCUT2D eigenvalue weighted by molar-refractivity contribution is -0.118. The number of halogens is 2. The third kappa shape index (κ3) is 4.64. The molecule has 0 unspecified atom stereocenters. The minimum absolute atomic E-state index is 0.0315. The molecule has 2 aromatic carbocycles. The molecule has 0 spiro atoms. The van der Waals surface area contributed by atoms with Gasteiger partial charge in [-0.2, -0.15) is 0 Å². The van der Waals surface area contributed by atoms with Gasteiger partial charge in [-0.05, 0) is 57.7 Å². The summed E-state index contributed by atoms with van der Waals surface area (Å²) in [5, 5.41) is 19.4. The lowest BCUT2D eigenvalue weighted by atomic mass is 10.1. The average molecular weight is 459 g/mol.